The lowest BCUT2D eigenvalue weighted by atomic mass is 10.1. The largest absolute Gasteiger partial charge is 0.456 e. The molecule has 0 radical (unpaired) electrons. The molecule has 19 heavy (non-hydrogen) atoms. The van der Waals surface area contributed by atoms with Crippen LogP contribution >= 0.6 is 11.3 Å². The molecule has 3 aromatic rings. The van der Waals surface area contributed by atoms with Gasteiger partial charge in [-0.2, -0.15) is 0 Å². The quantitative estimate of drug-likeness (QED) is 0.568. The van der Waals surface area contributed by atoms with Gasteiger partial charge in [-0.1, -0.05) is 6.07 Å². The first kappa shape index (κ1) is 11.8. The maximum atomic E-state index is 12.0. The van der Waals surface area contributed by atoms with Gasteiger partial charge < -0.3 is 15.5 Å². The predicted molar refractivity (Wildman–Crippen MR) is 76.1 cm³/mol. The van der Waals surface area contributed by atoms with Crippen molar-refractivity contribution in [3.63, 3.8) is 0 Å². The van der Waals surface area contributed by atoms with E-state index in [0.29, 0.717) is 17.9 Å². The second kappa shape index (κ2) is 4.78. The number of aromatic amines is 1. The van der Waals surface area contributed by atoms with Crippen molar-refractivity contribution in [3.8, 4) is 0 Å². The van der Waals surface area contributed by atoms with E-state index >= 15 is 0 Å². The molecule has 0 spiro atoms. The second-order valence-corrected chi connectivity index (χ2v) is 5.20. The average molecular weight is 272 g/mol. The summed E-state index contributed by atoms with van der Waals surface area (Å²) in [7, 11) is 0. The van der Waals surface area contributed by atoms with Crippen LogP contribution in [0.4, 0.5) is 5.69 Å². The van der Waals surface area contributed by atoms with E-state index in [0.717, 1.165) is 15.8 Å². The number of aromatic nitrogens is 1. The van der Waals surface area contributed by atoms with Crippen LogP contribution in [0.2, 0.25) is 0 Å². The van der Waals surface area contributed by atoms with E-state index in [1.165, 1.54) is 0 Å². The molecule has 96 valence electrons. The summed E-state index contributed by atoms with van der Waals surface area (Å²) in [6.45, 7) is 0.304. The minimum Gasteiger partial charge on any atom is -0.456 e. The van der Waals surface area contributed by atoms with Crippen LogP contribution < -0.4 is 5.73 Å². The summed E-state index contributed by atoms with van der Waals surface area (Å²) in [6.07, 6.45) is 1.65. The van der Waals surface area contributed by atoms with E-state index in [1.807, 2.05) is 23.6 Å². The lowest BCUT2D eigenvalue weighted by molar-refractivity contribution is 0.0479. The molecular weight excluding hydrogens is 260 g/mol. The fourth-order valence-corrected chi connectivity index (χ4v) is 2.54. The molecule has 0 bridgehead atoms. The second-order valence-electron chi connectivity index (χ2n) is 4.16. The number of anilines is 1. The number of nitrogens with two attached hydrogens (primary N) is 1. The Bertz CT molecular complexity index is 716. The smallest absolute Gasteiger partial charge is 0.340 e. The van der Waals surface area contributed by atoms with Crippen LogP contribution in [0, 0.1) is 0 Å². The number of H-pyrrole nitrogens is 1. The summed E-state index contributed by atoms with van der Waals surface area (Å²) in [5.74, 6) is -0.329. The van der Waals surface area contributed by atoms with Crippen LogP contribution in [0.15, 0.2) is 41.9 Å². The molecule has 0 aliphatic carbocycles. The molecular formula is C14H12N2O2S. The molecule has 0 fully saturated rings. The highest BCUT2D eigenvalue weighted by Crippen LogP contribution is 2.22. The number of hydrogen-bond donors (Lipinski definition) is 2. The van der Waals surface area contributed by atoms with Crippen molar-refractivity contribution in [1.29, 1.82) is 0 Å². The normalized spacial score (nSPS) is 10.7. The summed E-state index contributed by atoms with van der Waals surface area (Å²) in [4.78, 5) is 16.1. The molecule has 0 unspecified atom stereocenters. The van der Waals surface area contributed by atoms with E-state index in [1.54, 1.807) is 29.7 Å². The molecule has 0 saturated carbocycles. The highest BCUT2D eigenvalue weighted by molar-refractivity contribution is 7.09. The molecule has 5 heteroatoms. The van der Waals surface area contributed by atoms with Gasteiger partial charge in [-0.25, -0.2) is 4.79 Å². The Morgan fingerprint density at radius 1 is 1.37 bits per heavy atom. The average Bonchev–Trinajstić information content (AvgIpc) is 3.04. The third kappa shape index (κ3) is 2.32. The van der Waals surface area contributed by atoms with Gasteiger partial charge in [-0.15, -0.1) is 11.3 Å². The lowest BCUT2D eigenvalue weighted by Gasteiger charge is -2.02. The first-order valence-corrected chi connectivity index (χ1v) is 6.68. The molecule has 0 aliphatic rings. The van der Waals surface area contributed by atoms with E-state index in [2.05, 4.69) is 4.98 Å². The number of ether oxygens (including phenoxy) is 1. The Hall–Kier alpha value is -2.27. The van der Waals surface area contributed by atoms with Crippen molar-refractivity contribution in [3.05, 3.63) is 52.3 Å². The number of rotatable bonds is 3. The summed E-state index contributed by atoms with van der Waals surface area (Å²) in [5.41, 5.74) is 7.73. The first-order valence-electron chi connectivity index (χ1n) is 5.80. The fourth-order valence-electron chi connectivity index (χ4n) is 1.92. The van der Waals surface area contributed by atoms with Gasteiger partial charge in [0.25, 0.3) is 0 Å². The van der Waals surface area contributed by atoms with Gasteiger partial charge in [-0.05, 0) is 29.6 Å². The number of carbonyl (C=O) groups is 1. The Labute approximate surface area is 113 Å². The van der Waals surface area contributed by atoms with Crippen LogP contribution in [-0.2, 0) is 11.3 Å². The summed E-state index contributed by atoms with van der Waals surface area (Å²) < 4.78 is 5.29. The monoisotopic (exact) mass is 272 g/mol. The zero-order chi connectivity index (χ0) is 13.2. The van der Waals surface area contributed by atoms with Crippen molar-refractivity contribution < 1.29 is 9.53 Å². The minimum atomic E-state index is -0.329. The van der Waals surface area contributed by atoms with Crippen molar-refractivity contribution in [2.75, 3.05) is 5.73 Å². The third-order valence-corrected chi connectivity index (χ3v) is 3.70. The van der Waals surface area contributed by atoms with Crippen molar-refractivity contribution in [1.82, 2.24) is 4.98 Å². The molecule has 2 heterocycles. The van der Waals surface area contributed by atoms with E-state index in [9.17, 15) is 4.79 Å². The maximum absolute atomic E-state index is 12.0. The molecule has 2 aromatic heterocycles. The zero-order valence-electron chi connectivity index (χ0n) is 10.1. The molecule has 1 aromatic carbocycles. The molecule has 0 saturated heterocycles. The Morgan fingerprint density at radius 3 is 3.05 bits per heavy atom. The van der Waals surface area contributed by atoms with Gasteiger partial charge in [0.2, 0.25) is 0 Å². The maximum Gasteiger partial charge on any atom is 0.340 e. The Morgan fingerprint density at radius 2 is 2.26 bits per heavy atom. The third-order valence-electron chi connectivity index (χ3n) is 2.85. The Kier molecular flexibility index (Phi) is 2.97. The van der Waals surface area contributed by atoms with Crippen LogP contribution in [0.3, 0.4) is 0 Å². The molecule has 0 atom stereocenters. The topological polar surface area (TPSA) is 68.1 Å². The number of esters is 1. The van der Waals surface area contributed by atoms with E-state index in [-0.39, 0.29) is 5.97 Å². The van der Waals surface area contributed by atoms with Gasteiger partial charge in [0.05, 0.1) is 5.56 Å². The summed E-state index contributed by atoms with van der Waals surface area (Å²) >= 11 is 1.57. The predicted octanol–water partition coefficient (Wildman–Crippen LogP) is 3.17. The van der Waals surface area contributed by atoms with Crippen LogP contribution in [0.5, 0.6) is 0 Å². The zero-order valence-corrected chi connectivity index (χ0v) is 10.9. The van der Waals surface area contributed by atoms with Crippen molar-refractivity contribution in [2.45, 2.75) is 6.61 Å². The molecule has 3 N–H and O–H groups in total. The Balaban J connectivity index is 1.81. The molecule has 4 nitrogen and oxygen atoms in total. The number of fused-ring (bicyclic) bond motifs is 1. The highest BCUT2D eigenvalue weighted by atomic mass is 32.1. The van der Waals surface area contributed by atoms with Crippen LogP contribution in [0.1, 0.15) is 15.2 Å². The SMILES string of the molecule is Nc1ccc2c(C(=O)OCc3cccs3)c[nH]c2c1. The number of benzene rings is 1. The number of thiophene rings is 1. The number of nitrogens with one attached hydrogen (secondary N) is 1. The summed E-state index contributed by atoms with van der Waals surface area (Å²) in [6, 6.07) is 9.26. The molecule has 0 amide bonds. The number of hydrogen-bond acceptors (Lipinski definition) is 4. The standard InChI is InChI=1S/C14H12N2O2S/c15-9-3-4-11-12(7-16-13(11)6-9)14(17)18-8-10-2-1-5-19-10/h1-7,16H,8,15H2. The molecule has 3 rings (SSSR count). The van der Waals surface area contributed by atoms with Gasteiger partial charge in [0.1, 0.15) is 6.61 Å². The van der Waals surface area contributed by atoms with Gasteiger partial charge >= 0.3 is 5.97 Å². The molecule has 0 aliphatic heterocycles. The minimum absolute atomic E-state index is 0.304. The first-order chi connectivity index (χ1) is 9.24. The van der Waals surface area contributed by atoms with Gasteiger partial charge in [0.15, 0.2) is 0 Å². The van der Waals surface area contributed by atoms with Gasteiger partial charge in [-0.3, -0.25) is 0 Å². The fraction of sp³-hybridized carbons (Fsp3) is 0.0714. The number of nitrogen functional groups attached to an aromatic ring is 1. The van der Waals surface area contributed by atoms with E-state index < -0.39 is 0 Å². The lowest BCUT2D eigenvalue weighted by Crippen LogP contribution is -2.03. The van der Waals surface area contributed by atoms with Gasteiger partial charge in [0, 0.05) is 27.7 Å². The van der Waals surface area contributed by atoms with Crippen molar-refractivity contribution in [2.24, 2.45) is 0 Å². The van der Waals surface area contributed by atoms with E-state index in [4.69, 9.17) is 10.5 Å². The highest BCUT2D eigenvalue weighted by Gasteiger charge is 2.13. The van der Waals surface area contributed by atoms with Crippen LogP contribution in [0.25, 0.3) is 10.9 Å². The summed E-state index contributed by atoms with van der Waals surface area (Å²) in [5, 5.41) is 2.78. The number of carbonyl (C=O) groups excluding carboxylic acids is 1. The van der Waals surface area contributed by atoms with Crippen molar-refractivity contribution >= 4 is 33.9 Å². The van der Waals surface area contributed by atoms with Crippen LogP contribution in [-0.4, -0.2) is 11.0 Å².